The highest BCUT2D eigenvalue weighted by Gasteiger charge is 2.36. The average Bonchev–Trinajstić information content (AvgIpc) is 2.44. The molecule has 1 heterocycles. The molecule has 2 heteroatoms. The Bertz CT molecular complexity index is 354. The number of anilines is 1. The van der Waals surface area contributed by atoms with Gasteiger partial charge in [0.1, 0.15) is 0 Å². The van der Waals surface area contributed by atoms with Crippen molar-refractivity contribution in [3.8, 4) is 0 Å². The van der Waals surface area contributed by atoms with E-state index in [1.165, 1.54) is 12.8 Å². The molecule has 16 heavy (non-hydrogen) atoms. The quantitative estimate of drug-likeness (QED) is 0.820. The van der Waals surface area contributed by atoms with E-state index in [1.807, 2.05) is 13.1 Å². The first-order valence-electron chi connectivity index (χ1n) is 6.15. The molecule has 1 aliphatic rings. The predicted octanol–water partition coefficient (Wildman–Crippen LogP) is 3.63. The van der Waals surface area contributed by atoms with E-state index in [4.69, 9.17) is 0 Å². The van der Waals surface area contributed by atoms with Crippen LogP contribution in [0.4, 0.5) is 5.69 Å². The van der Waals surface area contributed by atoms with Crippen LogP contribution in [0.2, 0.25) is 0 Å². The van der Waals surface area contributed by atoms with E-state index >= 15 is 0 Å². The maximum atomic E-state index is 4.32. The summed E-state index contributed by atoms with van der Waals surface area (Å²) < 4.78 is 0. The Balaban J connectivity index is 2.03. The van der Waals surface area contributed by atoms with Crippen LogP contribution < -0.4 is 5.32 Å². The number of pyridine rings is 1. The maximum absolute atomic E-state index is 4.32. The highest BCUT2D eigenvalue weighted by atomic mass is 14.9. The molecule has 1 aromatic heterocycles. The summed E-state index contributed by atoms with van der Waals surface area (Å²) in [5.41, 5.74) is 2.71. The molecule has 1 N–H and O–H groups in total. The molecular weight excluding hydrogens is 196 g/mol. The molecule has 88 valence electrons. The Hall–Kier alpha value is -1.05. The fourth-order valence-corrected chi connectivity index (χ4v) is 2.85. The van der Waals surface area contributed by atoms with Gasteiger partial charge in [-0.15, -0.1) is 0 Å². The van der Waals surface area contributed by atoms with Crippen LogP contribution in [0, 0.1) is 18.3 Å². The lowest BCUT2D eigenvalue weighted by Gasteiger charge is -2.19. The minimum atomic E-state index is 0.481. The largest absolute Gasteiger partial charge is 0.381 e. The molecule has 2 nitrogen and oxygen atoms in total. The van der Waals surface area contributed by atoms with E-state index in [2.05, 4.69) is 43.2 Å². The molecule has 1 fully saturated rings. The third kappa shape index (κ3) is 2.55. The topological polar surface area (TPSA) is 24.9 Å². The van der Waals surface area contributed by atoms with Crippen LogP contribution in [0.15, 0.2) is 18.3 Å². The number of aromatic nitrogens is 1. The van der Waals surface area contributed by atoms with Crippen molar-refractivity contribution in [1.29, 1.82) is 0 Å². The summed E-state index contributed by atoms with van der Waals surface area (Å²) in [4.78, 5) is 4.32. The molecule has 0 saturated heterocycles. The Labute approximate surface area is 98.5 Å². The molecule has 0 amide bonds. The standard InChI is InChI=1S/C14H22N2/c1-10-7-14(3,4)8-13(10)16-12-6-5-11(2)15-9-12/h5-6,9-10,13,16H,7-8H2,1-4H3. The van der Waals surface area contributed by atoms with Crippen molar-refractivity contribution in [3.63, 3.8) is 0 Å². The molecule has 2 atom stereocenters. The second-order valence-electron chi connectivity index (χ2n) is 5.99. The van der Waals surface area contributed by atoms with Crippen molar-refractivity contribution in [2.45, 2.75) is 46.6 Å². The fraction of sp³-hybridized carbons (Fsp3) is 0.643. The number of hydrogen-bond acceptors (Lipinski definition) is 2. The molecular formula is C14H22N2. The van der Waals surface area contributed by atoms with Crippen LogP contribution in [0.25, 0.3) is 0 Å². The zero-order valence-electron chi connectivity index (χ0n) is 10.7. The summed E-state index contributed by atoms with van der Waals surface area (Å²) >= 11 is 0. The summed E-state index contributed by atoms with van der Waals surface area (Å²) in [6.07, 6.45) is 4.50. The van der Waals surface area contributed by atoms with Gasteiger partial charge in [0.15, 0.2) is 0 Å². The van der Waals surface area contributed by atoms with Crippen molar-refractivity contribution in [2.24, 2.45) is 11.3 Å². The number of hydrogen-bond donors (Lipinski definition) is 1. The molecule has 0 aliphatic heterocycles. The molecule has 0 bridgehead atoms. The molecule has 0 radical (unpaired) electrons. The van der Waals surface area contributed by atoms with E-state index < -0.39 is 0 Å². The first-order chi connectivity index (χ1) is 7.46. The van der Waals surface area contributed by atoms with Crippen molar-refractivity contribution in [3.05, 3.63) is 24.0 Å². The number of rotatable bonds is 2. The van der Waals surface area contributed by atoms with E-state index in [9.17, 15) is 0 Å². The highest BCUT2D eigenvalue weighted by Crippen LogP contribution is 2.41. The molecule has 1 aromatic rings. The third-order valence-corrected chi connectivity index (χ3v) is 3.60. The maximum Gasteiger partial charge on any atom is 0.0529 e. The number of nitrogens with one attached hydrogen (secondary N) is 1. The highest BCUT2D eigenvalue weighted by molar-refractivity contribution is 5.42. The van der Waals surface area contributed by atoms with Crippen molar-refractivity contribution < 1.29 is 0 Å². The van der Waals surface area contributed by atoms with Crippen LogP contribution in [0.1, 0.15) is 39.3 Å². The molecule has 0 spiro atoms. The lowest BCUT2D eigenvalue weighted by atomic mass is 9.91. The van der Waals surface area contributed by atoms with Crippen LogP contribution in [-0.4, -0.2) is 11.0 Å². The van der Waals surface area contributed by atoms with Gasteiger partial charge in [-0.1, -0.05) is 20.8 Å². The average molecular weight is 218 g/mol. The van der Waals surface area contributed by atoms with Crippen LogP contribution >= 0.6 is 0 Å². The van der Waals surface area contributed by atoms with Gasteiger partial charge in [0, 0.05) is 11.7 Å². The van der Waals surface area contributed by atoms with Gasteiger partial charge in [-0.3, -0.25) is 4.98 Å². The molecule has 1 aliphatic carbocycles. The molecule has 1 saturated carbocycles. The first kappa shape index (κ1) is 11.4. The second-order valence-corrected chi connectivity index (χ2v) is 5.99. The minimum Gasteiger partial charge on any atom is -0.381 e. The molecule has 2 rings (SSSR count). The van der Waals surface area contributed by atoms with Crippen molar-refractivity contribution in [2.75, 3.05) is 5.32 Å². The van der Waals surface area contributed by atoms with E-state index in [0.717, 1.165) is 17.3 Å². The van der Waals surface area contributed by atoms with E-state index in [-0.39, 0.29) is 0 Å². The zero-order chi connectivity index (χ0) is 11.8. The van der Waals surface area contributed by atoms with Gasteiger partial charge in [0.2, 0.25) is 0 Å². The van der Waals surface area contributed by atoms with Gasteiger partial charge in [-0.2, -0.15) is 0 Å². The lowest BCUT2D eigenvalue weighted by molar-refractivity contribution is 0.366. The summed E-state index contributed by atoms with van der Waals surface area (Å²) in [7, 11) is 0. The molecule has 0 aromatic carbocycles. The summed E-state index contributed by atoms with van der Waals surface area (Å²) in [5, 5.41) is 3.61. The monoisotopic (exact) mass is 218 g/mol. The first-order valence-corrected chi connectivity index (χ1v) is 6.15. The lowest BCUT2D eigenvalue weighted by Crippen LogP contribution is -2.22. The van der Waals surface area contributed by atoms with Crippen molar-refractivity contribution >= 4 is 5.69 Å². The van der Waals surface area contributed by atoms with Gasteiger partial charge in [0.05, 0.1) is 11.9 Å². The Morgan fingerprint density at radius 1 is 1.31 bits per heavy atom. The SMILES string of the molecule is Cc1ccc(NC2CC(C)(C)CC2C)cn1. The predicted molar refractivity (Wildman–Crippen MR) is 68.6 cm³/mol. The second kappa shape index (κ2) is 4.08. The number of nitrogens with zero attached hydrogens (tertiary/aromatic N) is 1. The van der Waals surface area contributed by atoms with E-state index in [0.29, 0.717) is 11.5 Å². The normalized spacial score (nSPS) is 28.0. The van der Waals surface area contributed by atoms with Crippen LogP contribution in [-0.2, 0) is 0 Å². The Morgan fingerprint density at radius 3 is 2.56 bits per heavy atom. The smallest absolute Gasteiger partial charge is 0.0529 e. The third-order valence-electron chi connectivity index (χ3n) is 3.60. The van der Waals surface area contributed by atoms with Gasteiger partial charge in [0.25, 0.3) is 0 Å². The minimum absolute atomic E-state index is 0.481. The number of aryl methyl sites for hydroxylation is 1. The summed E-state index contributed by atoms with van der Waals surface area (Å²) in [5.74, 6) is 0.747. The summed E-state index contributed by atoms with van der Waals surface area (Å²) in [6, 6.07) is 4.78. The fourth-order valence-electron chi connectivity index (χ4n) is 2.85. The Morgan fingerprint density at radius 2 is 2.06 bits per heavy atom. The van der Waals surface area contributed by atoms with Crippen LogP contribution in [0.5, 0.6) is 0 Å². The Kier molecular flexibility index (Phi) is 2.92. The van der Waals surface area contributed by atoms with Crippen LogP contribution in [0.3, 0.4) is 0 Å². The van der Waals surface area contributed by atoms with E-state index in [1.54, 1.807) is 0 Å². The van der Waals surface area contributed by atoms with Crippen molar-refractivity contribution in [1.82, 2.24) is 4.98 Å². The van der Waals surface area contributed by atoms with Gasteiger partial charge >= 0.3 is 0 Å². The van der Waals surface area contributed by atoms with Gasteiger partial charge in [-0.25, -0.2) is 0 Å². The van der Waals surface area contributed by atoms with Gasteiger partial charge in [-0.05, 0) is 43.2 Å². The molecule has 2 unspecified atom stereocenters. The van der Waals surface area contributed by atoms with Gasteiger partial charge < -0.3 is 5.32 Å². The summed E-state index contributed by atoms with van der Waals surface area (Å²) in [6.45, 7) is 9.08. The zero-order valence-corrected chi connectivity index (χ0v) is 10.7.